The highest BCUT2D eigenvalue weighted by atomic mass is 35.5. The fourth-order valence-electron chi connectivity index (χ4n) is 3.15. The van der Waals surface area contributed by atoms with Gasteiger partial charge in [0.1, 0.15) is 6.07 Å². The molecule has 0 bridgehead atoms. The first kappa shape index (κ1) is 14.5. The van der Waals surface area contributed by atoms with E-state index in [0.717, 1.165) is 6.42 Å². The van der Waals surface area contributed by atoms with Crippen LogP contribution in [0.1, 0.15) is 12.0 Å². The molecule has 1 aliphatic heterocycles. The molecule has 7 heteroatoms. The average molecular weight is 317 g/mol. The third-order valence-corrected chi connectivity index (χ3v) is 4.58. The van der Waals surface area contributed by atoms with Crippen LogP contribution in [0.5, 0.6) is 0 Å². The molecule has 112 valence electrons. The largest absolute Gasteiger partial charge is 0.416 e. The Morgan fingerprint density at radius 2 is 2.14 bits per heavy atom. The van der Waals surface area contributed by atoms with Crippen LogP contribution in [0.4, 0.5) is 18.9 Å². The predicted molar refractivity (Wildman–Crippen MR) is 71.0 cm³/mol. The zero-order valence-electron chi connectivity index (χ0n) is 10.8. The molecule has 1 N–H and O–H groups in total. The van der Waals surface area contributed by atoms with Crippen molar-refractivity contribution >= 4 is 17.3 Å². The lowest BCUT2D eigenvalue weighted by Crippen LogP contribution is -2.49. The van der Waals surface area contributed by atoms with E-state index in [1.807, 2.05) is 6.07 Å². The summed E-state index contributed by atoms with van der Waals surface area (Å²) in [6.45, 7) is 0.477. The van der Waals surface area contributed by atoms with E-state index in [-0.39, 0.29) is 22.4 Å². The van der Waals surface area contributed by atoms with Gasteiger partial charge < -0.3 is 10.0 Å². The van der Waals surface area contributed by atoms with Crippen molar-refractivity contribution in [2.45, 2.75) is 24.7 Å². The van der Waals surface area contributed by atoms with E-state index in [0.29, 0.717) is 12.2 Å². The summed E-state index contributed by atoms with van der Waals surface area (Å²) in [6.07, 6.45) is -6.29. The van der Waals surface area contributed by atoms with Crippen molar-refractivity contribution in [2.24, 2.45) is 11.8 Å². The van der Waals surface area contributed by atoms with Gasteiger partial charge in [0, 0.05) is 12.2 Å². The molecule has 1 aliphatic carbocycles. The lowest BCUT2D eigenvalue weighted by molar-refractivity contribution is -0.210. The third-order valence-electron chi connectivity index (χ3n) is 4.27. The Morgan fingerprint density at radius 3 is 2.71 bits per heavy atom. The summed E-state index contributed by atoms with van der Waals surface area (Å²) in [6, 6.07) is 5.48. The molecule has 0 aromatic heterocycles. The summed E-state index contributed by atoms with van der Waals surface area (Å²) < 4.78 is 38.5. The number of piperidine rings is 1. The summed E-state index contributed by atoms with van der Waals surface area (Å²) in [7, 11) is 0. The van der Waals surface area contributed by atoms with Gasteiger partial charge in [0.15, 0.2) is 6.10 Å². The molecule has 0 radical (unpaired) electrons. The zero-order chi connectivity index (χ0) is 15.4. The molecule has 1 saturated carbocycles. The Labute approximate surface area is 124 Å². The molecular formula is C14H12ClF3N2O. The lowest BCUT2D eigenvalue weighted by atomic mass is 10.0. The molecule has 3 rings (SSSR count). The maximum absolute atomic E-state index is 12.8. The van der Waals surface area contributed by atoms with Crippen molar-refractivity contribution in [1.29, 1.82) is 5.26 Å². The van der Waals surface area contributed by atoms with Crippen LogP contribution in [-0.2, 0) is 0 Å². The molecule has 1 unspecified atom stereocenters. The van der Waals surface area contributed by atoms with E-state index in [9.17, 15) is 18.3 Å². The average Bonchev–Trinajstić information content (AvgIpc) is 3.08. The van der Waals surface area contributed by atoms with Crippen molar-refractivity contribution in [3.63, 3.8) is 0 Å². The van der Waals surface area contributed by atoms with E-state index in [2.05, 4.69) is 0 Å². The third kappa shape index (κ3) is 2.45. The number of aliphatic hydroxyl groups is 1. The van der Waals surface area contributed by atoms with Crippen molar-refractivity contribution in [3.05, 3.63) is 28.8 Å². The Bertz CT molecular complexity index is 613. The van der Waals surface area contributed by atoms with Gasteiger partial charge in [-0.1, -0.05) is 11.6 Å². The van der Waals surface area contributed by atoms with Crippen LogP contribution in [0.15, 0.2) is 18.2 Å². The number of fused-ring (bicyclic) bond motifs is 1. The van der Waals surface area contributed by atoms with Crippen LogP contribution in [0.2, 0.25) is 5.02 Å². The van der Waals surface area contributed by atoms with E-state index in [4.69, 9.17) is 16.9 Å². The van der Waals surface area contributed by atoms with Crippen molar-refractivity contribution in [1.82, 2.24) is 0 Å². The molecule has 0 amide bonds. The van der Waals surface area contributed by atoms with Crippen molar-refractivity contribution in [3.8, 4) is 6.07 Å². The molecular weight excluding hydrogens is 305 g/mol. The van der Waals surface area contributed by atoms with Gasteiger partial charge in [0.2, 0.25) is 0 Å². The van der Waals surface area contributed by atoms with Crippen molar-refractivity contribution in [2.75, 3.05) is 11.4 Å². The SMILES string of the molecule is N#Cc1ccc(N2C[C@@H]3CC3[C@@H]2[C@H](O)C(F)(F)F)cc1Cl. The maximum Gasteiger partial charge on any atom is 0.416 e. The molecule has 21 heavy (non-hydrogen) atoms. The van der Waals surface area contributed by atoms with Gasteiger partial charge in [-0.3, -0.25) is 0 Å². The maximum atomic E-state index is 12.8. The number of hydrogen-bond donors (Lipinski definition) is 1. The monoisotopic (exact) mass is 316 g/mol. The second kappa shape index (κ2) is 4.79. The fraction of sp³-hybridized carbons (Fsp3) is 0.500. The number of aliphatic hydroxyl groups excluding tert-OH is 1. The first-order chi connectivity index (χ1) is 9.82. The van der Waals surface area contributed by atoms with Gasteiger partial charge >= 0.3 is 6.18 Å². The van der Waals surface area contributed by atoms with Gasteiger partial charge in [-0.25, -0.2) is 0 Å². The van der Waals surface area contributed by atoms with Gasteiger partial charge in [0.25, 0.3) is 0 Å². The number of halogens is 4. The zero-order valence-corrected chi connectivity index (χ0v) is 11.6. The smallest absolute Gasteiger partial charge is 0.382 e. The van der Waals surface area contributed by atoms with Gasteiger partial charge in [-0.15, -0.1) is 0 Å². The molecule has 2 aliphatic rings. The molecule has 1 saturated heterocycles. The quantitative estimate of drug-likeness (QED) is 0.912. The number of hydrogen-bond acceptors (Lipinski definition) is 3. The van der Waals surface area contributed by atoms with Gasteiger partial charge in [0.05, 0.1) is 16.6 Å². The molecule has 2 fully saturated rings. The van der Waals surface area contributed by atoms with E-state index in [1.54, 1.807) is 11.0 Å². The van der Waals surface area contributed by atoms with E-state index < -0.39 is 18.3 Å². The van der Waals surface area contributed by atoms with Crippen LogP contribution >= 0.6 is 11.6 Å². The van der Waals surface area contributed by atoms with Crippen molar-refractivity contribution < 1.29 is 18.3 Å². The summed E-state index contributed by atoms with van der Waals surface area (Å²) >= 11 is 5.94. The number of anilines is 1. The minimum absolute atomic E-state index is 0.129. The number of nitrogens with zero attached hydrogens (tertiary/aromatic N) is 2. The highest BCUT2D eigenvalue weighted by molar-refractivity contribution is 6.32. The Hall–Kier alpha value is -1.45. The Kier molecular flexibility index (Phi) is 3.30. The number of rotatable bonds is 2. The van der Waals surface area contributed by atoms with Crippen LogP contribution in [0.3, 0.4) is 0 Å². The van der Waals surface area contributed by atoms with Crippen LogP contribution in [-0.4, -0.2) is 30.0 Å². The first-order valence-corrected chi connectivity index (χ1v) is 6.92. The number of benzene rings is 1. The second-order valence-electron chi connectivity index (χ2n) is 5.56. The summed E-state index contributed by atoms with van der Waals surface area (Å²) in [5, 5.41) is 18.7. The fourth-order valence-corrected chi connectivity index (χ4v) is 3.37. The minimum Gasteiger partial charge on any atom is -0.382 e. The minimum atomic E-state index is -4.64. The lowest BCUT2D eigenvalue weighted by Gasteiger charge is -2.34. The standard InChI is InChI=1S/C14H12ClF3N2O/c15-11-4-9(2-1-7(11)5-19)20-6-8-3-10(8)12(20)13(21)14(16,17)18/h1-2,4,8,10,12-13,21H,3,6H2/t8-,10?,12+,13-/m0/s1. The summed E-state index contributed by atoms with van der Waals surface area (Å²) in [4.78, 5) is 1.56. The number of alkyl halides is 3. The van der Waals surface area contributed by atoms with E-state index >= 15 is 0 Å². The van der Waals surface area contributed by atoms with Crippen LogP contribution < -0.4 is 4.90 Å². The normalized spacial score (nSPS) is 29.0. The number of nitriles is 1. The summed E-state index contributed by atoms with van der Waals surface area (Å²) in [5.41, 5.74) is 0.789. The Morgan fingerprint density at radius 1 is 1.43 bits per heavy atom. The Balaban J connectivity index is 1.91. The highest BCUT2D eigenvalue weighted by Gasteiger charge is 2.60. The van der Waals surface area contributed by atoms with Crippen LogP contribution in [0.25, 0.3) is 0 Å². The molecule has 1 heterocycles. The second-order valence-corrected chi connectivity index (χ2v) is 5.97. The molecule has 0 spiro atoms. The van der Waals surface area contributed by atoms with Gasteiger partial charge in [-0.2, -0.15) is 18.4 Å². The molecule has 3 nitrogen and oxygen atoms in total. The first-order valence-electron chi connectivity index (χ1n) is 6.54. The predicted octanol–water partition coefficient (Wildman–Crippen LogP) is 2.96. The molecule has 1 aromatic rings. The van der Waals surface area contributed by atoms with Crippen LogP contribution in [0, 0.1) is 23.2 Å². The molecule has 4 atom stereocenters. The summed E-state index contributed by atoms with van der Waals surface area (Å²) in [5.74, 6) is 0.0671. The van der Waals surface area contributed by atoms with E-state index in [1.165, 1.54) is 12.1 Å². The molecule has 1 aromatic carbocycles. The highest BCUT2D eigenvalue weighted by Crippen LogP contribution is 2.53. The topological polar surface area (TPSA) is 47.3 Å². The van der Waals surface area contributed by atoms with Gasteiger partial charge in [-0.05, 0) is 36.5 Å².